The lowest BCUT2D eigenvalue weighted by Crippen LogP contribution is -2.20. The third-order valence-electron chi connectivity index (χ3n) is 5.78. The van der Waals surface area contributed by atoms with E-state index in [1.807, 2.05) is 67.6 Å². The van der Waals surface area contributed by atoms with Gasteiger partial charge in [0.15, 0.2) is 0 Å². The molecular weight excluding hydrogens is 394 g/mol. The van der Waals surface area contributed by atoms with Gasteiger partial charge < -0.3 is 10.1 Å². The number of rotatable bonds is 6. The highest BCUT2D eigenvalue weighted by molar-refractivity contribution is 5.97. The summed E-state index contributed by atoms with van der Waals surface area (Å²) in [5.74, 6) is 0.713. The third kappa shape index (κ3) is 4.42. The summed E-state index contributed by atoms with van der Waals surface area (Å²) in [6.45, 7) is 4.42. The second-order valence-corrected chi connectivity index (χ2v) is 7.86. The molecule has 0 heterocycles. The van der Waals surface area contributed by atoms with E-state index in [1.165, 1.54) is 5.56 Å². The Labute approximate surface area is 189 Å². The van der Waals surface area contributed by atoms with Gasteiger partial charge in [-0.15, -0.1) is 0 Å². The van der Waals surface area contributed by atoms with Crippen LogP contribution in [0.25, 0.3) is 22.3 Å². The van der Waals surface area contributed by atoms with Gasteiger partial charge in [-0.05, 0) is 59.9 Å². The Hall–Kier alpha value is -3.85. The van der Waals surface area contributed by atoms with Crippen LogP contribution in [0.2, 0.25) is 0 Å². The van der Waals surface area contributed by atoms with Gasteiger partial charge in [0.2, 0.25) is 0 Å². The molecule has 0 aliphatic heterocycles. The van der Waals surface area contributed by atoms with Crippen LogP contribution in [-0.2, 0) is 6.61 Å². The summed E-state index contributed by atoms with van der Waals surface area (Å²) in [5.41, 5.74) is 8.28. The van der Waals surface area contributed by atoms with Crippen molar-refractivity contribution < 1.29 is 9.53 Å². The monoisotopic (exact) mass is 421 g/mol. The van der Waals surface area contributed by atoms with E-state index in [9.17, 15) is 4.79 Å². The van der Waals surface area contributed by atoms with Crippen molar-refractivity contribution in [3.8, 4) is 28.0 Å². The molecule has 0 saturated carbocycles. The molecule has 1 N–H and O–H groups in total. The highest BCUT2D eigenvalue weighted by atomic mass is 16.5. The highest BCUT2D eigenvalue weighted by Crippen LogP contribution is 2.36. The molecule has 0 fully saturated rings. The zero-order chi connectivity index (χ0) is 22.5. The number of ether oxygens (including phenoxy) is 1. The van der Waals surface area contributed by atoms with Gasteiger partial charge in [0.1, 0.15) is 12.4 Å². The van der Waals surface area contributed by atoms with E-state index in [-0.39, 0.29) is 5.91 Å². The maximum atomic E-state index is 12.5. The van der Waals surface area contributed by atoms with Crippen LogP contribution < -0.4 is 10.1 Å². The lowest BCUT2D eigenvalue weighted by atomic mass is 9.88. The van der Waals surface area contributed by atoms with Crippen molar-refractivity contribution in [3.05, 3.63) is 113 Å². The van der Waals surface area contributed by atoms with E-state index < -0.39 is 0 Å². The lowest BCUT2D eigenvalue weighted by molar-refractivity contribution is 0.0962. The predicted octanol–water partition coefficient (Wildman–Crippen LogP) is 6.58. The SMILES string of the molecule is CNC(=O)c1ccc(-c2ccccc2-c2ccccc2)c(COc2ccc(C)cc2)c1C. The Morgan fingerprint density at radius 1 is 0.750 bits per heavy atom. The second kappa shape index (κ2) is 9.52. The molecule has 0 aliphatic rings. The van der Waals surface area contributed by atoms with Crippen LogP contribution in [-0.4, -0.2) is 13.0 Å². The molecule has 4 rings (SSSR count). The minimum atomic E-state index is -0.0954. The second-order valence-electron chi connectivity index (χ2n) is 7.86. The highest BCUT2D eigenvalue weighted by Gasteiger charge is 2.18. The van der Waals surface area contributed by atoms with Crippen molar-refractivity contribution in [2.45, 2.75) is 20.5 Å². The van der Waals surface area contributed by atoms with Crippen LogP contribution in [0, 0.1) is 13.8 Å². The number of amides is 1. The molecule has 0 aliphatic carbocycles. The first-order valence-electron chi connectivity index (χ1n) is 10.8. The van der Waals surface area contributed by atoms with Crippen molar-refractivity contribution in [1.29, 1.82) is 0 Å². The molecule has 32 heavy (non-hydrogen) atoms. The summed E-state index contributed by atoms with van der Waals surface area (Å²) < 4.78 is 6.17. The van der Waals surface area contributed by atoms with Gasteiger partial charge in [0, 0.05) is 18.2 Å². The maximum absolute atomic E-state index is 12.5. The molecule has 0 saturated heterocycles. The first-order valence-corrected chi connectivity index (χ1v) is 10.8. The Kier molecular flexibility index (Phi) is 6.37. The average molecular weight is 422 g/mol. The molecule has 0 spiro atoms. The van der Waals surface area contributed by atoms with Gasteiger partial charge in [-0.2, -0.15) is 0 Å². The number of hydrogen-bond donors (Lipinski definition) is 1. The predicted molar refractivity (Wildman–Crippen MR) is 131 cm³/mol. The van der Waals surface area contributed by atoms with Crippen molar-refractivity contribution in [1.82, 2.24) is 5.32 Å². The minimum absolute atomic E-state index is 0.0954. The minimum Gasteiger partial charge on any atom is -0.489 e. The summed E-state index contributed by atoms with van der Waals surface area (Å²) in [4.78, 5) is 12.5. The van der Waals surface area contributed by atoms with Gasteiger partial charge >= 0.3 is 0 Å². The zero-order valence-electron chi connectivity index (χ0n) is 18.7. The number of benzene rings is 4. The smallest absolute Gasteiger partial charge is 0.251 e. The number of hydrogen-bond acceptors (Lipinski definition) is 2. The van der Waals surface area contributed by atoms with Gasteiger partial charge in [-0.1, -0.05) is 78.4 Å². The normalized spacial score (nSPS) is 10.6. The molecule has 0 atom stereocenters. The summed E-state index contributed by atoms with van der Waals surface area (Å²) in [6.07, 6.45) is 0. The van der Waals surface area contributed by atoms with E-state index in [4.69, 9.17) is 4.74 Å². The quantitative estimate of drug-likeness (QED) is 0.382. The molecule has 3 nitrogen and oxygen atoms in total. The standard InChI is InChI=1S/C29H27NO2/c1-20-13-15-23(16-14-20)32-19-28-21(2)24(29(31)30-3)17-18-27(28)26-12-8-7-11-25(26)22-9-5-4-6-10-22/h4-18H,19H2,1-3H3,(H,30,31). The molecule has 0 aromatic heterocycles. The third-order valence-corrected chi connectivity index (χ3v) is 5.78. The Balaban J connectivity index is 1.83. The van der Waals surface area contributed by atoms with E-state index >= 15 is 0 Å². The Bertz CT molecular complexity index is 1230. The van der Waals surface area contributed by atoms with Gasteiger partial charge in [-0.3, -0.25) is 4.79 Å². The maximum Gasteiger partial charge on any atom is 0.251 e. The van der Waals surface area contributed by atoms with Gasteiger partial charge in [0.25, 0.3) is 5.91 Å². The fourth-order valence-electron chi connectivity index (χ4n) is 3.95. The topological polar surface area (TPSA) is 38.3 Å². The average Bonchev–Trinajstić information content (AvgIpc) is 2.84. The van der Waals surface area contributed by atoms with E-state index in [1.54, 1.807) is 7.05 Å². The molecule has 0 radical (unpaired) electrons. The molecule has 160 valence electrons. The Morgan fingerprint density at radius 2 is 1.41 bits per heavy atom. The summed E-state index contributed by atoms with van der Waals surface area (Å²) >= 11 is 0. The van der Waals surface area contributed by atoms with Crippen LogP contribution in [0.15, 0.2) is 91.0 Å². The number of nitrogens with one attached hydrogen (secondary N) is 1. The van der Waals surface area contributed by atoms with Crippen molar-refractivity contribution in [2.75, 3.05) is 7.05 Å². The van der Waals surface area contributed by atoms with E-state index in [0.29, 0.717) is 12.2 Å². The van der Waals surface area contributed by atoms with Crippen molar-refractivity contribution in [2.24, 2.45) is 0 Å². The van der Waals surface area contributed by atoms with Crippen LogP contribution >= 0.6 is 0 Å². The summed E-state index contributed by atoms with van der Waals surface area (Å²) in [6, 6.07) is 30.7. The fourth-order valence-corrected chi connectivity index (χ4v) is 3.95. The van der Waals surface area contributed by atoms with Gasteiger partial charge in [0.05, 0.1) is 0 Å². The van der Waals surface area contributed by atoms with Gasteiger partial charge in [-0.25, -0.2) is 0 Å². The molecule has 1 amide bonds. The van der Waals surface area contributed by atoms with Crippen molar-refractivity contribution in [3.63, 3.8) is 0 Å². The lowest BCUT2D eigenvalue weighted by Gasteiger charge is -2.19. The van der Waals surface area contributed by atoms with Crippen LogP contribution in [0.5, 0.6) is 5.75 Å². The van der Waals surface area contributed by atoms with Crippen molar-refractivity contribution >= 4 is 5.91 Å². The molecule has 0 bridgehead atoms. The van der Waals surface area contributed by atoms with Crippen LogP contribution in [0.1, 0.15) is 27.0 Å². The molecule has 4 aromatic rings. The first kappa shape index (κ1) is 21.4. The molecule has 3 heteroatoms. The number of carbonyl (C=O) groups excluding carboxylic acids is 1. The summed E-state index contributed by atoms with van der Waals surface area (Å²) in [7, 11) is 1.66. The summed E-state index contributed by atoms with van der Waals surface area (Å²) in [5, 5.41) is 2.75. The number of aryl methyl sites for hydroxylation is 1. The van der Waals surface area contributed by atoms with E-state index in [0.717, 1.165) is 39.1 Å². The zero-order valence-corrected chi connectivity index (χ0v) is 18.7. The molecule has 0 unspecified atom stereocenters. The largest absolute Gasteiger partial charge is 0.489 e. The molecular formula is C29H27NO2. The fraction of sp³-hybridized carbons (Fsp3) is 0.138. The van der Waals surface area contributed by atoms with Crippen LogP contribution in [0.4, 0.5) is 0 Å². The first-order chi connectivity index (χ1) is 15.6. The van der Waals surface area contributed by atoms with Crippen LogP contribution in [0.3, 0.4) is 0 Å². The Morgan fingerprint density at radius 3 is 2.09 bits per heavy atom. The number of carbonyl (C=O) groups is 1. The molecule has 4 aromatic carbocycles. The van der Waals surface area contributed by atoms with E-state index in [2.05, 4.69) is 42.6 Å².